The van der Waals surface area contributed by atoms with E-state index in [1.165, 1.54) is 0 Å². The summed E-state index contributed by atoms with van der Waals surface area (Å²) < 4.78 is 13.6. The monoisotopic (exact) mass is 555 g/mol. The van der Waals surface area contributed by atoms with Gasteiger partial charge in [-0.15, -0.1) is 0 Å². The summed E-state index contributed by atoms with van der Waals surface area (Å²) in [5, 5.41) is 3.08. The normalized spacial score (nSPS) is 12.2. The SMILES string of the molecule is CCCCc1nc2c(C)cc(NC(=O)C(C)(C)C)cc2n1Cc1ccc(OC(C(=O)OCC)c2ccccc2)cc1. The summed E-state index contributed by atoms with van der Waals surface area (Å²) in [6.45, 7) is 12.6. The van der Waals surface area contributed by atoms with Gasteiger partial charge in [-0.1, -0.05) is 76.6 Å². The van der Waals surface area contributed by atoms with E-state index in [1.807, 2.05) is 94.4 Å². The molecule has 0 saturated heterocycles. The van der Waals surface area contributed by atoms with Crippen LogP contribution in [0.4, 0.5) is 5.69 Å². The first-order valence-electron chi connectivity index (χ1n) is 14.4. The van der Waals surface area contributed by atoms with E-state index in [1.54, 1.807) is 6.92 Å². The molecule has 0 spiro atoms. The summed E-state index contributed by atoms with van der Waals surface area (Å²) in [7, 11) is 0. The molecule has 1 atom stereocenters. The Balaban J connectivity index is 1.63. The van der Waals surface area contributed by atoms with Gasteiger partial charge in [0.2, 0.25) is 12.0 Å². The van der Waals surface area contributed by atoms with E-state index in [0.717, 1.165) is 58.5 Å². The number of carbonyl (C=O) groups excluding carboxylic acids is 2. The Hall–Kier alpha value is -4.13. The van der Waals surface area contributed by atoms with Gasteiger partial charge in [0.1, 0.15) is 11.6 Å². The summed E-state index contributed by atoms with van der Waals surface area (Å²) in [4.78, 5) is 30.4. The number of ether oxygens (including phenoxy) is 2. The predicted octanol–water partition coefficient (Wildman–Crippen LogP) is 7.40. The van der Waals surface area contributed by atoms with Gasteiger partial charge in [0.15, 0.2) is 0 Å². The maximum Gasteiger partial charge on any atom is 0.352 e. The molecule has 0 aliphatic heterocycles. The highest BCUT2D eigenvalue weighted by molar-refractivity contribution is 5.96. The number of nitrogens with one attached hydrogen (secondary N) is 1. The van der Waals surface area contributed by atoms with Gasteiger partial charge in [-0.2, -0.15) is 0 Å². The minimum Gasteiger partial charge on any atom is -0.474 e. The highest BCUT2D eigenvalue weighted by atomic mass is 16.6. The van der Waals surface area contributed by atoms with Crippen LogP contribution in [0.2, 0.25) is 0 Å². The molecule has 0 fully saturated rings. The van der Waals surface area contributed by atoms with Crippen molar-refractivity contribution in [2.24, 2.45) is 5.41 Å². The van der Waals surface area contributed by atoms with Crippen molar-refractivity contribution in [2.75, 3.05) is 11.9 Å². The van der Waals surface area contributed by atoms with Crippen LogP contribution in [0.25, 0.3) is 11.0 Å². The first-order chi connectivity index (χ1) is 19.6. The minimum atomic E-state index is -0.843. The third-order valence-corrected chi connectivity index (χ3v) is 6.94. The highest BCUT2D eigenvalue weighted by Gasteiger charge is 2.24. The van der Waals surface area contributed by atoms with E-state index in [4.69, 9.17) is 14.5 Å². The number of anilines is 1. The number of amides is 1. The van der Waals surface area contributed by atoms with Crippen LogP contribution in [0.15, 0.2) is 66.7 Å². The first-order valence-corrected chi connectivity index (χ1v) is 14.4. The van der Waals surface area contributed by atoms with Crippen molar-refractivity contribution in [3.63, 3.8) is 0 Å². The largest absolute Gasteiger partial charge is 0.474 e. The Morgan fingerprint density at radius 2 is 1.71 bits per heavy atom. The van der Waals surface area contributed by atoms with E-state index in [-0.39, 0.29) is 12.5 Å². The number of carbonyl (C=O) groups is 2. The predicted molar refractivity (Wildman–Crippen MR) is 163 cm³/mol. The number of hydrogen-bond acceptors (Lipinski definition) is 5. The molecule has 0 aliphatic carbocycles. The van der Waals surface area contributed by atoms with E-state index < -0.39 is 17.5 Å². The van der Waals surface area contributed by atoms with Crippen LogP contribution in [-0.2, 0) is 27.3 Å². The van der Waals surface area contributed by atoms with Gasteiger partial charge in [-0.25, -0.2) is 9.78 Å². The summed E-state index contributed by atoms with van der Waals surface area (Å²) >= 11 is 0. The van der Waals surface area contributed by atoms with Crippen LogP contribution in [0.5, 0.6) is 5.75 Å². The Labute approximate surface area is 242 Å². The lowest BCUT2D eigenvalue weighted by Gasteiger charge is -2.19. The van der Waals surface area contributed by atoms with Gasteiger partial charge in [0, 0.05) is 29.6 Å². The second-order valence-electron chi connectivity index (χ2n) is 11.4. The number of aromatic nitrogens is 2. The Bertz CT molecular complexity index is 1480. The topological polar surface area (TPSA) is 82.5 Å². The quantitative estimate of drug-likeness (QED) is 0.195. The van der Waals surface area contributed by atoms with Crippen molar-refractivity contribution in [3.8, 4) is 5.75 Å². The zero-order chi connectivity index (χ0) is 29.6. The van der Waals surface area contributed by atoms with Crippen LogP contribution in [0.3, 0.4) is 0 Å². The molecule has 0 bridgehead atoms. The lowest BCUT2D eigenvalue weighted by Crippen LogP contribution is -2.27. The fourth-order valence-corrected chi connectivity index (χ4v) is 4.62. The molecule has 216 valence electrons. The fraction of sp³-hybridized carbons (Fsp3) is 0.382. The Morgan fingerprint density at radius 1 is 1.00 bits per heavy atom. The van der Waals surface area contributed by atoms with Crippen LogP contribution in [-0.4, -0.2) is 28.0 Å². The molecule has 1 amide bonds. The lowest BCUT2D eigenvalue weighted by atomic mass is 9.95. The molecule has 0 aliphatic rings. The molecule has 41 heavy (non-hydrogen) atoms. The minimum absolute atomic E-state index is 0.0271. The van der Waals surface area contributed by atoms with Gasteiger partial charge in [-0.05, 0) is 55.7 Å². The number of fused-ring (bicyclic) bond motifs is 1. The molecule has 1 aromatic heterocycles. The van der Waals surface area contributed by atoms with Crippen LogP contribution in [0.1, 0.15) is 76.1 Å². The number of benzene rings is 3. The van der Waals surface area contributed by atoms with Gasteiger partial charge < -0.3 is 19.4 Å². The van der Waals surface area contributed by atoms with E-state index in [9.17, 15) is 9.59 Å². The number of hydrogen-bond donors (Lipinski definition) is 1. The summed E-state index contributed by atoms with van der Waals surface area (Å²) in [5.74, 6) is 1.16. The Kier molecular flexibility index (Phi) is 9.48. The molecule has 0 saturated carbocycles. The molecular weight excluding hydrogens is 514 g/mol. The maximum atomic E-state index is 12.7. The lowest BCUT2D eigenvalue weighted by molar-refractivity contribution is -0.151. The van der Waals surface area contributed by atoms with Crippen LogP contribution in [0, 0.1) is 12.3 Å². The average molecular weight is 556 g/mol. The number of aryl methyl sites for hydroxylation is 2. The molecule has 1 heterocycles. The van der Waals surface area contributed by atoms with Gasteiger partial charge in [0.25, 0.3) is 0 Å². The molecule has 7 heteroatoms. The molecule has 3 aromatic carbocycles. The Morgan fingerprint density at radius 3 is 2.34 bits per heavy atom. The second kappa shape index (κ2) is 13.0. The zero-order valence-corrected chi connectivity index (χ0v) is 25.0. The summed E-state index contributed by atoms with van der Waals surface area (Å²) in [6.07, 6.45) is 2.14. The highest BCUT2D eigenvalue weighted by Crippen LogP contribution is 2.29. The number of esters is 1. The first kappa shape index (κ1) is 29.8. The van der Waals surface area contributed by atoms with E-state index >= 15 is 0 Å². The standard InChI is InChI=1S/C34H41N3O4/c1-7-9-15-29-36-30-23(3)20-26(35-33(39)34(4,5)6)21-28(30)37(29)22-24-16-18-27(19-17-24)41-31(32(38)40-8-2)25-13-11-10-12-14-25/h10-14,16-21,31H,7-9,15,22H2,1-6H3,(H,35,39). The van der Waals surface area contributed by atoms with Crippen molar-refractivity contribution < 1.29 is 19.1 Å². The summed E-state index contributed by atoms with van der Waals surface area (Å²) in [5.41, 5.74) is 5.06. The van der Waals surface area contributed by atoms with Crippen LogP contribution >= 0.6 is 0 Å². The number of rotatable bonds is 11. The zero-order valence-electron chi connectivity index (χ0n) is 25.0. The van der Waals surface area contributed by atoms with E-state index in [2.05, 4.69) is 16.8 Å². The maximum absolute atomic E-state index is 12.7. The smallest absolute Gasteiger partial charge is 0.352 e. The van der Waals surface area contributed by atoms with Crippen molar-refractivity contribution >= 4 is 28.6 Å². The molecular formula is C34H41N3O4. The van der Waals surface area contributed by atoms with Crippen molar-refractivity contribution in [2.45, 2.75) is 73.5 Å². The molecule has 4 rings (SSSR count). The second-order valence-corrected chi connectivity index (χ2v) is 11.4. The summed E-state index contributed by atoms with van der Waals surface area (Å²) in [6, 6.07) is 21.2. The third kappa shape index (κ3) is 7.34. The molecule has 0 radical (unpaired) electrons. The van der Waals surface area contributed by atoms with Gasteiger partial charge in [0.05, 0.1) is 17.6 Å². The van der Waals surface area contributed by atoms with Crippen molar-refractivity contribution in [3.05, 3.63) is 89.2 Å². The van der Waals surface area contributed by atoms with Gasteiger partial charge >= 0.3 is 5.97 Å². The molecule has 4 aromatic rings. The van der Waals surface area contributed by atoms with Gasteiger partial charge in [-0.3, -0.25) is 4.79 Å². The van der Waals surface area contributed by atoms with E-state index in [0.29, 0.717) is 12.3 Å². The number of nitrogens with zero attached hydrogens (tertiary/aromatic N) is 2. The fourth-order valence-electron chi connectivity index (χ4n) is 4.62. The molecule has 7 nitrogen and oxygen atoms in total. The van der Waals surface area contributed by atoms with Crippen molar-refractivity contribution in [1.82, 2.24) is 9.55 Å². The number of unbranched alkanes of at least 4 members (excludes halogenated alkanes) is 1. The third-order valence-electron chi connectivity index (χ3n) is 6.94. The van der Waals surface area contributed by atoms with Crippen molar-refractivity contribution in [1.29, 1.82) is 0 Å². The average Bonchev–Trinajstić information content (AvgIpc) is 3.28. The molecule has 1 N–H and O–H groups in total. The molecule has 1 unspecified atom stereocenters. The van der Waals surface area contributed by atoms with Crippen LogP contribution < -0.4 is 10.1 Å². The number of imidazole rings is 1.